The summed E-state index contributed by atoms with van der Waals surface area (Å²) in [5, 5.41) is 21.1. The zero-order valence-corrected chi connectivity index (χ0v) is 18.8. The number of aromatic hydroxyl groups is 2. The minimum absolute atomic E-state index is 0.368. The van der Waals surface area contributed by atoms with E-state index in [-0.39, 0.29) is 0 Å². The lowest BCUT2D eigenvalue weighted by Gasteiger charge is -2.13. The molecule has 0 saturated heterocycles. The summed E-state index contributed by atoms with van der Waals surface area (Å²) in [5.74, 6) is 0.737. The highest BCUT2D eigenvalue weighted by atomic mass is 16.3. The van der Waals surface area contributed by atoms with E-state index in [0.717, 1.165) is 59.1 Å². The van der Waals surface area contributed by atoms with Crippen LogP contribution in [0, 0.1) is 13.8 Å². The summed E-state index contributed by atoms with van der Waals surface area (Å²) in [7, 11) is 0. The van der Waals surface area contributed by atoms with Crippen molar-refractivity contribution in [3.05, 3.63) is 107 Å². The van der Waals surface area contributed by atoms with Crippen molar-refractivity contribution in [2.45, 2.75) is 39.5 Å². The van der Waals surface area contributed by atoms with Crippen LogP contribution in [0.4, 0.5) is 0 Å². The first kappa shape index (κ1) is 21.7. The third-order valence-electron chi connectivity index (χ3n) is 6.07. The highest BCUT2D eigenvalue weighted by Gasteiger charge is 2.11. The topological polar surface area (TPSA) is 40.5 Å². The molecule has 0 atom stereocenters. The van der Waals surface area contributed by atoms with Crippen LogP contribution in [-0.4, -0.2) is 10.2 Å². The molecule has 0 fully saturated rings. The van der Waals surface area contributed by atoms with Crippen molar-refractivity contribution in [1.82, 2.24) is 0 Å². The molecule has 0 heterocycles. The third kappa shape index (κ3) is 4.86. The van der Waals surface area contributed by atoms with Crippen molar-refractivity contribution in [3.63, 3.8) is 0 Å². The Kier molecular flexibility index (Phi) is 6.61. The van der Waals surface area contributed by atoms with Crippen LogP contribution < -0.4 is 0 Å². The number of benzene rings is 4. The number of hydrogen-bond acceptors (Lipinski definition) is 2. The lowest BCUT2D eigenvalue weighted by molar-refractivity contribution is 0.472. The average molecular weight is 423 g/mol. The Labute approximate surface area is 190 Å². The largest absolute Gasteiger partial charge is 0.507 e. The molecular weight excluding hydrogens is 392 g/mol. The fraction of sp³-hybridized carbons (Fsp3) is 0.200. The van der Waals surface area contributed by atoms with Gasteiger partial charge in [-0.25, -0.2) is 0 Å². The average Bonchev–Trinajstić information content (AvgIpc) is 2.82. The van der Waals surface area contributed by atoms with E-state index >= 15 is 0 Å². The zero-order chi connectivity index (χ0) is 22.5. The SMILES string of the molecule is Cc1cc(CCCCc2cc(C)c(O)c(-c3ccccc3)c2)cc(-c2ccccc2)c1O. The van der Waals surface area contributed by atoms with Gasteiger partial charge in [-0.3, -0.25) is 0 Å². The molecule has 0 amide bonds. The van der Waals surface area contributed by atoms with Crippen LogP contribution in [0.3, 0.4) is 0 Å². The maximum absolute atomic E-state index is 10.5. The number of aryl methyl sites for hydroxylation is 4. The molecule has 0 unspecified atom stereocenters. The standard InChI is InChI=1S/C30H30O2/c1-21-17-23(19-27(29(21)31)25-13-5-3-6-14-25)11-9-10-12-24-18-22(2)30(32)28(20-24)26-15-7-4-8-16-26/h3-8,13-20,31-32H,9-12H2,1-2H3. The van der Waals surface area contributed by atoms with Gasteiger partial charge in [-0.15, -0.1) is 0 Å². The summed E-state index contributed by atoms with van der Waals surface area (Å²) >= 11 is 0. The summed E-state index contributed by atoms with van der Waals surface area (Å²) in [5.41, 5.74) is 8.25. The highest BCUT2D eigenvalue weighted by Crippen LogP contribution is 2.35. The number of unbranched alkanes of at least 4 members (excludes halogenated alkanes) is 1. The molecule has 32 heavy (non-hydrogen) atoms. The van der Waals surface area contributed by atoms with Crippen LogP contribution in [0.2, 0.25) is 0 Å². The fourth-order valence-electron chi connectivity index (χ4n) is 4.33. The van der Waals surface area contributed by atoms with Gasteiger partial charge in [-0.2, -0.15) is 0 Å². The Bertz CT molecular complexity index is 1100. The molecule has 2 nitrogen and oxygen atoms in total. The maximum atomic E-state index is 10.5. The normalized spacial score (nSPS) is 10.9. The van der Waals surface area contributed by atoms with Crippen molar-refractivity contribution in [2.24, 2.45) is 0 Å². The number of rotatable bonds is 7. The van der Waals surface area contributed by atoms with E-state index in [4.69, 9.17) is 0 Å². The van der Waals surface area contributed by atoms with E-state index in [0.29, 0.717) is 11.5 Å². The monoisotopic (exact) mass is 422 g/mol. The summed E-state index contributed by atoms with van der Waals surface area (Å²) in [6.07, 6.45) is 4.09. The molecule has 2 heteroatoms. The van der Waals surface area contributed by atoms with Gasteiger partial charge in [0.05, 0.1) is 0 Å². The van der Waals surface area contributed by atoms with E-state index in [1.807, 2.05) is 74.5 Å². The summed E-state index contributed by atoms with van der Waals surface area (Å²) < 4.78 is 0. The van der Waals surface area contributed by atoms with E-state index in [9.17, 15) is 10.2 Å². The van der Waals surface area contributed by atoms with Gasteiger partial charge in [0.2, 0.25) is 0 Å². The Balaban J connectivity index is 1.44. The first-order chi connectivity index (χ1) is 15.5. The van der Waals surface area contributed by atoms with Gasteiger partial charge >= 0.3 is 0 Å². The lowest BCUT2D eigenvalue weighted by atomic mass is 9.94. The van der Waals surface area contributed by atoms with Crippen LogP contribution in [-0.2, 0) is 12.8 Å². The zero-order valence-electron chi connectivity index (χ0n) is 18.8. The Morgan fingerprint density at radius 2 is 0.906 bits per heavy atom. The van der Waals surface area contributed by atoms with E-state index < -0.39 is 0 Å². The molecular formula is C30H30O2. The Morgan fingerprint density at radius 3 is 1.28 bits per heavy atom. The van der Waals surface area contributed by atoms with Gasteiger partial charge in [-0.05, 0) is 85.0 Å². The van der Waals surface area contributed by atoms with Gasteiger partial charge in [0.15, 0.2) is 0 Å². The first-order valence-electron chi connectivity index (χ1n) is 11.3. The van der Waals surface area contributed by atoms with Gasteiger partial charge < -0.3 is 10.2 Å². The van der Waals surface area contributed by atoms with Gasteiger partial charge in [-0.1, -0.05) is 72.8 Å². The quantitative estimate of drug-likeness (QED) is 0.301. The van der Waals surface area contributed by atoms with Crippen LogP contribution >= 0.6 is 0 Å². The number of hydrogen-bond donors (Lipinski definition) is 2. The second kappa shape index (κ2) is 9.74. The van der Waals surface area contributed by atoms with E-state index in [2.05, 4.69) is 24.3 Å². The number of phenols is 2. The molecule has 4 aromatic carbocycles. The fourth-order valence-corrected chi connectivity index (χ4v) is 4.33. The molecule has 0 aliphatic heterocycles. The predicted octanol–water partition coefficient (Wildman–Crippen LogP) is 7.61. The summed E-state index contributed by atoms with van der Waals surface area (Å²) in [4.78, 5) is 0. The second-order valence-electron chi connectivity index (χ2n) is 8.56. The highest BCUT2D eigenvalue weighted by molar-refractivity contribution is 5.73. The van der Waals surface area contributed by atoms with E-state index in [1.165, 1.54) is 11.1 Å². The summed E-state index contributed by atoms with van der Waals surface area (Å²) in [6, 6.07) is 28.6. The molecule has 162 valence electrons. The van der Waals surface area contributed by atoms with Crippen molar-refractivity contribution in [2.75, 3.05) is 0 Å². The van der Waals surface area contributed by atoms with Crippen LogP contribution in [0.5, 0.6) is 11.5 Å². The molecule has 4 aromatic rings. The Hall–Kier alpha value is -3.52. The van der Waals surface area contributed by atoms with Crippen LogP contribution in [0.15, 0.2) is 84.9 Å². The molecule has 0 aliphatic rings. The Morgan fingerprint density at radius 1 is 0.531 bits per heavy atom. The lowest BCUT2D eigenvalue weighted by Crippen LogP contribution is -1.94. The minimum Gasteiger partial charge on any atom is -0.507 e. The molecule has 0 radical (unpaired) electrons. The molecule has 4 rings (SSSR count). The van der Waals surface area contributed by atoms with Gasteiger partial charge in [0.1, 0.15) is 11.5 Å². The van der Waals surface area contributed by atoms with Crippen molar-refractivity contribution in [1.29, 1.82) is 0 Å². The van der Waals surface area contributed by atoms with Crippen molar-refractivity contribution < 1.29 is 10.2 Å². The second-order valence-corrected chi connectivity index (χ2v) is 8.56. The van der Waals surface area contributed by atoms with E-state index in [1.54, 1.807) is 0 Å². The molecule has 0 saturated carbocycles. The van der Waals surface area contributed by atoms with Crippen molar-refractivity contribution in [3.8, 4) is 33.8 Å². The molecule has 0 spiro atoms. The predicted molar refractivity (Wildman–Crippen MR) is 133 cm³/mol. The minimum atomic E-state index is 0.368. The maximum Gasteiger partial charge on any atom is 0.126 e. The first-order valence-corrected chi connectivity index (χ1v) is 11.3. The third-order valence-corrected chi connectivity index (χ3v) is 6.07. The smallest absolute Gasteiger partial charge is 0.126 e. The van der Waals surface area contributed by atoms with Gasteiger partial charge in [0, 0.05) is 11.1 Å². The van der Waals surface area contributed by atoms with Crippen molar-refractivity contribution >= 4 is 0 Å². The molecule has 2 N–H and O–H groups in total. The van der Waals surface area contributed by atoms with Gasteiger partial charge in [0.25, 0.3) is 0 Å². The summed E-state index contributed by atoms with van der Waals surface area (Å²) in [6.45, 7) is 3.94. The van der Waals surface area contributed by atoms with Crippen LogP contribution in [0.25, 0.3) is 22.3 Å². The molecule has 0 aliphatic carbocycles. The number of phenolic OH excluding ortho intramolecular Hbond substituents is 2. The molecule has 0 bridgehead atoms. The molecule has 0 aromatic heterocycles. The van der Waals surface area contributed by atoms with Crippen LogP contribution in [0.1, 0.15) is 35.1 Å².